The van der Waals surface area contributed by atoms with Gasteiger partial charge < -0.3 is 0 Å². The quantitative estimate of drug-likeness (QED) is 0.341. The number of benzene rings is 3. The SMILES string of the molecule is Cc1cc(C)c2c(c1)-c1ccc3c(c1C2)Cc1c(C)cccc1-3. The van der Waals surface area contributed by atoms with E-state index in [-0.39, 0.29) is 0 Å². The first kappa shape index (κ1) is 13.1. The standard InChI is InChI=1S/C23H20/c1-13-9-15(3)20-12-23-18(21(20)10-13)8-7-17-16-6-4-5-14(2)19(16)11-22(17)23/h4-10H,11-12H2,1-3H3. The Morgan fingerprint density at radius 1 is 0.565 bits per heavy atom. The molecule has 0 heteroatoms. The lowest BCUT2D eigenvalue weighted by Crippen LogP contribution is -1.92. The van der Waals surface area contributed by atoms with Crippen LogP contribution in [0.4, 0.5) is 0 Å². The molecule has 0 amide bonds. The summed E-state index contributed by atoms with van der Waals surface area (Å²) in [6, 6.07) is 16.1. The third-order valence-electron chi connectivity index (χ3n) is 5.75. The summed E-state index contributed by atoms with van der Waals surface area (Å²) in [5.41, 5.74) is 16.3. The van der Waals surface area contributed by atoms with E-state index in [1.807, 2.05) is 0 Å². The van der Waals surface area contributed by atoms with Crippen molar-refractivity contribution in [2.75, 3.05) is 0 Å². The fourth-order valence-corrected chi connectivity index (χ4v) is 4.62. The van der Waals surface area contributed by atoms with E-state index in [0.29, 0.717) is 0 Å². The lowest BCUT2D eigenvalue weighted by molar-refractivity contribution is 1.13. The summed E-state index contributed by atoms with van der Waals surface area (Å²) in [7, 11) is 0. The van der Waals surface area contributed by atoms with Gasteiger partial charge >= 0.3 is 0 Å². The molecule has 0 aliphatic heterocycles. The van der Waals surface area contributed by atoms with Crippen LogP contribution in [0.15, 0.2) is 42.5 Å². The molecule has 0 radical (unpaired) electrons. The summed E-state index contributed by atoms with van der Waals surface area (Å²) in [5.74, 6) is 0. The molecule has 0 saturated carbocycles. The molecule has 23 heavy (non-hydrogen) atoms. The van der Waals surface area contributed by atoms with Crippen LogP contribution >= 0.6 is 0 Å². The third kappa shape index (κ3) is 1.67. The summed E-state index contributed by atoms with van der Waals surface area (Å²) in [6.07, 6.45) is 2.21. The Morgan fingerprint density at radius 3 is 1.91 bits per heavy atom. The van der Waals surface area contributed by atoms with Gasteiger partial charge in [-0.15, -0.1) is 0 Å². The highest BCUT2D eigenvalue weighted by molar-refractivity contribution is 5.87. The maximum absolute atomic E-state index is 2.37. The zero-order chi connectivity index (χ0) is 15.7. The van der Waals surface area contributed by atoms with E-state index >= 15 is 0 Å². The van der Waals surface area contributed by atoms with Crippen molar-refractivity contribution in [3.8, 4) is 22.3 Å². The molecule has 0 atom stereocenters. The average Bonchev–Trinajstić information content (AvgIpc) is 3.07. The average molecular weight is 296 g/mol. The van der Waals surface area contributed by atoms with Gasteiger partial charge in [-0.3, -0.25) is 0 Å². The molecule has 3 aromatic carbocycles. The molecule has 0 heterocycles. The predicted molar refractivity (Wildman–Crippen MR) is 97.1 cm³/mol. The maximum atomic E-state index is 2.37. The van der Waals surface area contributed by atoms with Gasteiger partial charge in [0.05, 0.1) is 0 Å². The second kappa shape index (κ2) is 4.35. The Morgan fingerprint density at radius 2 is 1.17 bits per heavy atom. The molecule has 0 saturated heterocycles. The summed E-state index contributed by atoms with van der Waals surface area (Å²) in [5, 5.41) is 0. The molecule has 3 aromatic rings. The van der Waals surface area contributed by atoms with Gasteiger partial charge in [-0.05, 0) is 89.2 Å². The molecule has 0 N–H and O–H groups in total. The zero-order valence-corrected chi connectivity index (χ0v) is 14.0. The fraction of sp³-hybridized carbons (Fsp3) is 0.217. The van der Waals surface area contributed by atoms with Crippen molar-refractivity contribution in [3.05, 3.63) is 81.4 Å². The minimum Gasteiger partial charge on any atom is -0.0614 e. The van der Waals surface area contributed by atoms with Gasteiger partial charge in [0.2, 0.25) is 0 Å². The molecule has 112 valence electrons. The van der Waals surface area contributed by atoms with Gasteiger partial charge in [-0.25, -0.2) is 0 Å². The number of aryl methyl sites for hydroxylation is 3. The molecule has 0 aromatic heterocycles. The van der Waals surface area contributed by atoms with Crippen LogP contribution in [0.1, 0.15) is 38.9 Å². The normalized spacial score (nSPS) is 13.5. The summed E-state index contributed by atoms with van der Waals surface area (Å²) in [4.78, 5) is 0. The van der Waals surface area contributed by atoms with Crippen LogP contribution in [0.3, 0.4) is 0 Å². The highest BCUT2D eigenvalue weighted by Gasteiger charge is 2.29. The topological polar surface area (TPSA) is 0 Å². The van der Waals surface area contributed by atoms with E-state index in [4.69, 9.17) is 0 Å². The van der Waals surface area contributed by atoms with Crippen molar-refractivity contribution in [1.82, 2.24) is 0 Å². The highest BCUT2D eigenvalue weighted by Crippen LogP contribution is 2.47. The predicted octanol–water partition coefficient (Wildman–Crippen LogP) is 5.75. The smallest absolute Gasteiger partial charge is 0.000774 e. The highest BCUT2D eigenvalue weighted by atomic mass is 14.3. The molecular weight excluding hydrogens is 276 g/mol. The first-order chi connectivity index (χ1) is 11.1. The Kier molecular flexibility index (Phi) is 2.48. The van der Waals surface area contributed by atoms with E-state index in [1.165, 1.54) is 50.1 Å². The van der Waals surface area contributed by atoms with Crippen molar-refractivity contribution < 1.29 is 0 Å². The lowest BCUT2D eigenvalue weighted by atomic mass is 9.96. The molecule has 0 unspecified atom stereocenters. The number of fused-ring (bicyclic) bond motifs is 7. The fourth-order valence-electron chi connectivity index (χ4n) is 4.62. The molecule has 0 nitrogen and oxygen atoms in total. The van der Waals surface area contributed by atoms with Crippen molar-refractivity contribution in [3.63, 3.8) is 0 Å². The maximum Gasteiger partial charge on any atom is -0.000774 e. The molecule has 0 bridgehead atoms. The van der Waals surface area contributed by atoms with Crippen molar-refractivity contribution >= 4 is 0 Å². The second-order valence-corrected chi connectivity index (χ2v) is 7.18. The van der Waals surface area contributed by atoms with Crippen LogP contribution in [0.2, 0.25) is 0 Å². The van der Waals surface area contributed by atoms with E-state index in [9.17, 15) is 0 Å². The van der Waals surface area contributed by atoms with Gasteiger partial charge in [-0.1, -0.05) is 48.0 Å². The summed E-state index contributed by atoms with van der Waals surface area (Å²) in [6.45, 7) is 6.71. The molecule has 2 aliphatic carbocycles. The summed E-state index contributed by atoms with van der Waals surface area (Å²) >= 11 is 0. The minimum absolute atomic E-state index is 1.10. The Hall–Kier alpha value is -2.34. The Bertz CT molecular complexity index is 989. The number of rotatable bonds is 0. The first-order valence-electron chi connectivity index (χ1n) is 8.47. The van der Waals surface area contributed by atoms with E-state index < -0.39 is 0 Å². The molecule has 5 rings (SSSR count). The molecule has 2 aliphatic rings. The largest absolute Gasteiger partial charge is 0.0614 e. The van der Waals surface area contributed by atoms with Crippen molar-refractivity contribution in [2.24, 2.45) is 0 Å². The second-order valence-electron chi connectivity index (χ2n) is 7.18. The minimum atomic E-state index is 1.10. The van der Waals surface area contributed by atoms with Crippen LogP contribution in [-0.4, -0.2) is 0 Å². The van der Waals surface area contributed by atoms with Gasteiger partial charge in [0.25, 0.3) is 0 Å². The Balaban J connectivity index is 1.76. The molecular formula is C23H20. The zero-order valence-electron chi connectivity index (χ0n) is 14.0. The third-order valence-corrected chi connectivity index (χ3v) is 5.75. The lowest BCUT2D eigenvalue weighted by Gasteiger charge is -2.08. The van der Waals surface area contributed by atoms with Crippen molar-refractivity contribution in [2.45, 2.75) is 33.6 Å². The van der Waals surface area contributed by atoms with E-state index in [2.05, 4.69) is 63.2 Å². The summed E-state index contributed by atoms with van der Waals surface area (Å²) < 4.78 is 0. The van der Waals surface area contributed by atoms with E-state index in [0.717, 1.165) is 12.8 Å². The van der Waals surface area contributed by atoms with Crippen LogP contribution in [0.5, 0.6) is 0 Å². The van der Waals surface area contributed by atoms with Gasteiger partial charge in [0, 0.05) is 0 Å². The van der Waals surface area contributed by atoms with Crippen molar-refractivity contribution in [1.29, 1.82) is 0 Å². The molecule has 0 fully saturated rings. The van der Waals surface area contributed by atoms with E-state index in [1.54, 1.807) is 11.1 Å². The van der Waals surface area contributed by atoms with Gasteiger partial charge in [0.1, 0.15) is 0 Å². The molecule has 0 spiro atoms. The van der Waals surface area contributed by atoms with Crippen LogP contribution in [-0.2, 0) is 12.8 Å². The van der Waals surface area contributed by atoms with Crippen LogP contribution < -0.4 is 0 Å². The first-order valence-corrected chi connectivity index (χ1v) is 8.47. The Labute approximate surface area is 137 Å². The van der Waals surface area contributed by atoms with Gasteiger partial charge in [-0.2, -0.15) is 0 Å². The van der Waals surface area contributed by atoms with Crippen LogP contribution in [0, 0.1) is 20.8 Å². The van der Waals surface area contributed by atoms with Crippen LogP contribution in [0.25, 0.3) is 22.3 Å². The number of hydrogen-bond donors (Lipinski definition) is 0. The van der Waals surface area contributed by atoms with Gasteiger partial charge in [0.15, 0.2) is 0 Å². The number of hydrogen-bond acceptors (Lipinski definition) is 0. The monoisotopic (exact) mass is 296 g/mol.